The molecule has 90 valence electrons. The van der Waals surface area contributed by atoms with Crippen molar-refractivity contribution in [3.05, 3.63) is 16.3 Å². The van der Waals surface area contributed by atoms with Crippen molar-refractivity contribution < 1.29 is 9.59 Å². The second kappa shape index (κ2) is 4.29. The molecule has 1 N–H and O–H groups in total. The van der Waals surface area contributed by atoms with E-state index in [-0.39, 0.29) is 24.9 Å². The number of piperazine rings is 1. The molecule has 0 bridgehead atoms. The number of imide groups is 1. The number of carbonyl (C=O) groups excluding carboxylic acids is 2. The van der Waals surface area contributed by atoms with Crippen LogP contribution in [0.4, 0.5) is 5.82 Å². The summed E-state index contributed by atoms with van der Waals surface area (Å²) >= 11 is 5.84. The number of rotatable bonds is 1. The number of aromatic nitrogens is 2. The van der Waals surface area contributed by atoms with Crippen molar-refractivity contribution in [3.8, 4) is 0 Å². The molecular weight excluding hydrogens is 244 g/mol. The number of halogens is 1. The molecule has 0 spiro atoms. The predicted octanol–water partition coefficient (Wildman–Crippen LogP) is 0.210. The molecule has 1 fully saturated rings. The minimum absolute atomic E-state index is 0.0995. The van der Waals surface area contributed by atoms with Crippen molar-refractivity contribution in [1.82, 2.24) is 15.5 Å². The summed E-state index contributed by atoms with van der Waals surface area (Å²) in [6.07, 6.45) is 0. The van der Waals surface area contributed by atoms with Crippen LogP contribution in [0, 0.1) is 13.8 Å². The summed E-state index contributed by atoms with van der Waals surface area (Å²) in [6, 6.07) is 0. The number of hydrogen-bond acceptors (Lipinski definition) is 5. The molecule has 2 amide bonds. The molecule has 0 atom stereocenters. The Morgan fingerprint density at radius 3 is 2.29 bits per heavy atom. The quantitative estimate of drug-likeness (QED) is 0.725. The van der Waals surface area contributed by atoms with Crippen LogP contribution in [0.25, 0.3) is 0 Å². The Hall–Kier alpha value is -1.69. The normalized spacial score (nSPS) is 16.1. The molecule has 1 saturated heterocycles. The Bertz CT molecular complexity index is 487. The van der Waals surface area contributed by atoms with Crippen molar-refractivity contribution in [2.24, 2.45) is 0 Å². The van der Waals surface area contributed by atoms with E-state index in [1.54, 1.807) is 4.90 Å². The highest BCUT2D eigenvalue weighted by atomic mass is 35.5. The first-order chi connectivity index (χ1) is 7.99. The van der Waals surface area contributed by atoms with Gasteiger partial charge in [0.2, 0.25) is 11.8 Å². The Morgan fingerprint density at radius 2 is 1.71 bits per heavy atom. The lowest BCUT2D eigenvalue weighted by Crippen LogP contribution is -2.52. The zero-order valence-electron chi connectivity index (χ0n) is 9.45. The maximum atomic E-state index is 11.3. The Morgan fingerprint density at radius 1 is 1.12 bits per heavy atom. The topological polar surface area (TPSA) is 75.2 Å². The van der Waals surface area contributed by atoms with E-state index in [2.05, 4.69) is 15.5 Å². The number of carbonyl (C=O) groups is 2. The molecule has 7 heteroatoms. The highest BCUT2D eigenvalue weighted by Gasteiger charge is 2.25. The highest BCUT2D eigenvalue weighted by Crippen LogP contribution is 2.23. The number of nitrogens with zero attached hydrogens (tertiary/aromatic N) is 3. The van der Waals surface area contributed by atoms with Gasteiger partial charge in [0, 0.05) is 0 Å². The van der Waals surface area contributed by atoms with Crippen LogP contribution in [0.2, 0.25) is 5.15 Å². The third-order valence-corrected chi connectivity index (χ3v) is 3.05. The van der Waals surface area contributed by atoms with Crippen LogP contribution in [0.5, 0.6) is 0 Å². The van der Waals surface area contributed by atoms with Gasteiger partial charge in [0.25, 0.3) is 0 Å². The van der Waals surface area contributed by atoms with Crippen molar-refractivity contribution in [3.63, 3.8) is 0 Å². The molecule has 1 aliphatic rings. The van der Waals surface area contributed by atoms with E-state index in [9.17, 15) is 9.59 Å². The molecule has 0 saturated carbocycles. The molecule has 0 unspecified atom stereocenters. The molecule has 2 heterocycles. The first kappa shape index (κ1) is 11.8. The Kier molecular flexibility index (Phi) is 2.97. The van der Waals surface area contributed by atoms with E-state index < -0.39 is 0 Å². The maximum absolute atomic E-state index is 11.3. The van der Waals surface area contributed by atoms with Gasteiger partial charge in [0.1, 0.15) is 0 Å². The predicted molar refractivity (Wildman–Crippen MR) is 61.9 cm³/mol. The molecule has 6 nitrogen and oxygen atoms in total. The fraction of sp³-hybridized carbons (Fsp3) is 0.400. The lowest BCUT2D eigenvalue weighted by atomic mass is 10.2. The molecule has 0 aliphatic carbocycles. The van der Waals surface area contributed by atoms with Crippen LogP contribution in [-0.4, -0.2) is 35.1 Å². The van der Waals surface area contributed by atoms with Crippen LogP contribution >= 0.6 is 11.6 Å². The Labute approximate surface area is 103 Å². The van der Waals surface area contributed by atoms with E-state index in [0.717, 1.165) is 11.1 Å². The van der Waals surface area contributed by atoms with Crippen molar-refractivity contribution in [2.75, 3.05) is 18.0 Å². The standard InChI is InChI=1S/C10H11ClN4O2/c1-5-6(2)10(14-13-9(5)11)15-3-7(16)12-8(17)4-15/h3-4H2,1-2H3,(H,12,16,17). The molecule has 0 aromatic carbocycles. The number of nitrogens with one attached hydrogen (secondary N) is 1. The van der Waals surface area contributed by atoms with Gasteiger partial charge in [-0.25, -0.2) is 0 Å². The van der Waals surface area contributed by atoms with Crippen LogP contribution in [0.15, 0.2) is 0 Å². The van der Waals surface area contributed by atoms with Gasteiger partial charge in [-0.3, -0.25) is 14.9 Å². The summed E-state index contributed by atoms with van der Waals surface area (Å²) < 4.78 is 0. The summed E-state index contributed by atoms with van der Waals surface area (Å²) in [5, 5.41) is 10.3. The van der Waals surface area contributed by atoms with Crippen molar-refractivity contribution >= 4 is 29.2 Å². The average molecular weight is 255 g/mol. The zero-order valence-corrected chi connectivity index (χ0v) is 10.2. The van der Waals surface area contributed by atoms with Gasteiger partial charge in [-0.05, 0) is 25.0 Å². The number of amides is 2. The molecule has 0 radical (unpaired) electrons. The SMILES string of the molecule is Cc1c(Cl)nnc(N2CC(=O)NC(=O)C2)c1C. The second-order valence-corrected chi connectivity index (χ2v) is 4.25. The summed E-state index contributed by atoms with van der Waals surface area (Å²) in [5.74, 6) is -0.153. The van der Waals surface area contributed by atoms with Crippen LogP contribution in [0.3, 0.4) is 0 Å². The third kappa shape index (κ3) is 2.21. The monoisotopic (exact) mass is 254 g/mol. The van der Waals surface area contributed by atoms with Crippen molar-refractivity contribution in [2.45, 2.75) is 13.8 Å². The summed E-state index contributed by atoms with van der Waals surface area (Å²) in [6.45, 7) is 3.86. The van der Waals surface area contributed by atoms with E-state index >= 15 is 0 Å². The first-order valence-electron chi connectivity index (χ1n) is 5.06. The fourth-order valence-electron chi connectivity index (χ4n) is 1.65. The lowest BCUT2D eigenvalue weighted by Gasteiger charge is -2.27. The van der Waals surface area contributed by atoms with E-state index in [1.165, 1.54) is 0 Å². The molecule has 1 aromatic heterocycles. The van der Waals surface area contributed by atoms with Gasteiger partial charge in [-0.2, -0.15) is 0 Å². The summed E-state index contributed by atoms with van der Waals surface area (Å²) in [4.78, 5) is 24.1. The highest BCUT2D eigenvalue weighted by molar-refractivity contribution is 6.30. The lowest BCUT2D eigenvalue weighted by molar-refractivity contribution is -0.130. The van der Waals surface area contributed by atoms with Gasteiger partial charge < -0.3 is 4.90 Å². The van der Waals surface area contributed by atoms with Gasteiger partial charge >= 0.3 is 0 Å². The van der Waals surface area contributed by atoms with E-state index in [1.807, 2.05) is 13.8 Å². The maximum Gasteiger partial charge on any atom is 0.246 e. The minimum atomic E-state index is -0.338. The molecule has 2 rings (SSSR count). The van der Waals surface area contributed by atoms with Gasteiger partial charge in [0.05, 0.1) is 13.1 Å². The van der Waals surface area contributed by atoms with Crippen LogP contribution in [-0.2, 0) is 9.59 Å². The van der Waals surface area contributed by atoms with Crippen LogP contribution < -0.4 is 10.2 Å². The second-order valence-electron chi connectivity index (χ2n) is 3.89. The largest absolute Gasteiger partial charge is 0.336 e. The van der Waals surface area contributed by atoms with Gasteiger partial charge in [-0.15, -0.1) is 10.2 Å². The molecule has 17 heavy (non-hydrogen) atoms. The van der Waals surface area contributed by atoms with E-state index in [4.69, 9.17) is 11.6 Å². The zero-order chi connectivity index (χ0) is 12.6. The number of anilines is 1. The molecule has 1 aromatic rings. The molecular formula is C10H11ClN4O2. The van der Waals surface area contributed by atoms with Gasteiger partial charge in [0.15, 0.2) is 11.0 Å². The van der Waals surface area contributed by atoms with E-state index in [0.29, 0.717) is 11.0 Å². The molecule has 1 aliphatic heterocycles. The minimum Gasteiger partial charge on any atom is -0.336 e. The van der Waals surface area contributed by atoms with Crippen LogP contribution in [0.1, 0.15) is 11.1 Å². The fourth-order valence-corrected chi connectivity index (χ4v) is 1.83. The average Bonchev–Trinajstić information content (AvgIpc) is 2.24. The smallest absolute Gasteiger partial charge is 0.246 e. The Balaban J connectivity index is 2.37. The van der Waals surface area contributed by atoms with Gasteiger partial charge in [-0.1, -0.05) is 11.6 Å². The number of hydrogen-bond donors (Lipinski definition) is 1. The summed E-state index contributed by atoms with van der Waals surface area (Å²) in [7, 11) is 0. The third-order valence-electron chi connectivity index (χ3n) is 2.69. The first-order valence-corrected chi connectivity index (χ1v) is 5.44. The summed E-state index contributed by atoms with van der Waals surface area (Å²) in [5.41, 5.74) is 1.63. The van der Waals surface area contributed by atoms with Crippen molar-refractivity contribution in [1.29, 1.82) is 0 Å².